The number of rotatable bonds is 2. The van der Waals surface area contributed by atoms with E-state index in [9.17, 15) is 4.79 Å². The van der Waals surface area contributed by atoms with Gasteiger partial charge >= 0.3 is 6.09 Å². The van der Waals surface area contributed by atoms with Crippen LogP contribution in [0.2, 0.25) is 0 Å². The van der Waals surface area contributed by atoms with Gasteiger partial charge in [0.15, 0.2) is 0 Å². The highest BCUT2D eigenvalue weighted by Gasteiger charge is 2.44. The molecule has 2 aliphatic heterocycles. The van der Waals surface area contributed by atoms with Crippen molar-refractivity contribution in [3.8, 4) is 0 Å². The van der Waals surface area contributed by atoms with E-state index in [4.69, 9.17) is 9.72 Å². The molecule has 2 fully saturated rings. The van der Waals surface area contributed by atoms with Gasteiger partial charge in [0, 0.05) is 20.0 Å². The number of nitrogens with zero attached hydrogens (tertiary/aromatic N) is 3. The fourth-order valence-corrected chi connectivity index (χ4v) is 4.62. The number of benzene rings is 1. The lowest BCUT2D eigenvalue weighted by molar-refractivity contribution is 0.0443. The van der Waals surface area contributed by atoms with Crippen LogP contribution >= 0.6 is 11.3 Å². The molecule has 1 spiro atoms. The average molecular weight is 331 g/mol. The molecule has 2 saturated heterocycles. The van der Waals surface area contributed by atoms with E-state index < -0.39 is 0 Å². The number of fused-ring (bicyclic) bond motifs is 1. The molecule has 5 nitrogen and oxygen atoms in total. The number of hydrogen-bond acceptors (Lipinski definition) is 5. The lowest BCUT2D eigenvalue weighted by Crippen LogP contribution is -2.35. The minimum Gasteiger partial charge on any atom is -0.441 e. The molecule has 122 valence electrons. The second-order valence-electron chi connectivity index (χ2n) is 6.61. The minimum absolute atomic E-state index is 0.176. The standard InChI is InChI=1S/C17H21N3O2S/c1-19-12-17(22-16(19)21)7-4-9-20(10-8-17)11-15-18-13-5-2-3-6-14(13)23-15/h2-3,5-6H,4,7-12H2,1H3/t17-/m0/s1. The van der Waals surface area contributed by atoms with E-state index in [1.54, 1.807) is 16.2 Å². The molecule has 3 heterocycles. The van der Waals surface area contributed by atoms with Gasteiger partial charge in [0.1, 0.15) is 10.6 Å². The van der Waals surface area contributed by atoms with Crippen LogP contribution in [0.5, 0.6) is 0 Å². The highest BCUT2D eigenvalue weighted by Crippen LogP contribution is 2.33. The van der Waals surface area contributed by atoms with Gasteiger partial charge in [-0.05, 0) is 31.5 Å². The molecule has 0 N–H and O–H groups in total. The van der Waals surface area contributed by atoms with Crippen LogP contribution in [-0.2, 0) is 11.3 Å². The summed E-state index contributed by atoms with van der Waals surface area (Å²) in [6, 6.07) is 8.29. The second-order valence-corrected chi connectivity index (χ2v) is 7.73. The number of likely N-dealkylation sites (tertiary alicyclic amines) is 1. The van der Waals surface area contributed by atoms with Crippen LogP contribution in [0.25, 0.3) is 10.2 Å². The molecule has 0 aliphatic carbocycles. The van der Waals surface area contributed by atoms with Gasteiger partial charge < -0.3 is 9.64 Å². The van der Waals surface area contributed by atoms with E-state index in [0.717, 1.165) is 51.0 Å². The molecule has 0 unspecified atom stereocenters. The van der Waals surface area contributed by atoms with Crippen LogP contribution < -0.4 is 0 Å². The Hall–Kier alpha value is -1.66. The lowest BCUT2D eigenvalue weighted by atomic mass is 9.95. The molecular formula is C17H21N3O2S. The molecule has 23 heavy (non-hydrogen) atoms. The molecule has 0 radical (unpaired) electrons. The smallest absolute Gasteiger partial charge is 0.410 e. The van der Waals surface area contributed by atoms with Gasteiger partial charge in [-0.15, -0.1) is 11.3 Å². The number of likely N-dealkylation sites (N-methyl/N-ethyl adjacent to an activating group) is 1. The Kier molecular flexibility index (Phi) is 3.73. The Morgan fingerprint density at radius 2 is 2.17 bits per heavy atom. The first-order valence-corrected chi connectivity index (χ1v) is 8.96. The second kappa shape index (κ2) is 5.76. The summed E-state index contributed by atoms with van der Waals surface area (Å²) in [6.07, 6.45) is 2.75. The highest BCUT2D eigenvalue weighted by molar-refractivity contribution is 7.18. The van der Waals surface area contributed by atoms with Crippen LogP contribution in [0, 0.1) is 0 Å². The number of amides is 1. The minimum atomic E-state index is -0.270. The summed E-state index contributed by atoms with van der Waals surface area (Å²) >= 11 is 1.78. The maximum atomic E-state index is 11.7. The van der Waals surface area contributed by atoms with E-state index in [1.165, 1.54) is 9.71 Å². The van der Waals surface area contributed by atoms with E-state index in [-0.39, 0.29) is 11.7 Å². The van der Waals surface area contributed by atoms with E-state index >= 15 is 0 Å². The van der Waals surface area contributed by atoms with Crippen LogP contribution in [0.1, 0.15) is 24.3 Å². The maximum Gasteiger partial charge on any atom is 0.410 e. The first-order chi connectivity index (χ1) is 11.1. The van der Waals surface area contributed by atoms with Crippen LogP contribution in [0.3, 0.4) is 0 Å². The molecular weight excluding hydrogens is 310 g/mol. The highest BCUT2D eigenvalue weighted by atomic mass is 32.1. The van der Waals surface area contributed by atoms with Gasteiger partial charge in [-0.1, -0.05) is 12.1 Å². The molecule has 4 rings (SSSR count). The predicted octanol–water partition coefficient (Wildman–Crippen LogP) is 3.10. The van der Waals surface area contributed by atoms with Crippen molar-refractivity contribution >= 4 is 27.6 Å². The fourth-order valence-electron chi connectivity index (χ4n) is 3.61. The summed E-state index contributed by atoms with van der Waals surface area (Å²) in [5.41, 5.74) is 0.818. The zero-order valence-electron chi connectivity index (χ0n) is 13.3. The first kappa shape index (κ1) is 14.9. The monoisotopic (exact) mass is 331 g/mol. The number of hydrogen-bond donors (Lipinski definition) is 0. The number of carbonyl (C=O) groups is 1. The molecule has 6 heteroatoms. The third-order valence-electron chi connectivity index (χ3n) is 4.83. The third-order valence-corrected chi connectivity index (χ3v) is 5.85. The molecule has 0 bridgehead atoms. The quantitative estimate of drug-likeness (QED) is 0.848. The van der Waals surface area contributed by atoms with Crippen molar-refractivity contribution in [1.29, 1.82) is 0 Å². The SMILES string of the molecule is CN1C[C@@]2(CCCN(Cc3nc4ccccc4s3)CC2)OC1=O. The van der Waals surface area contributed by atoms with Crippen molar-refractivity contribution in [1.82, 2.24) is 14.8 Å². The Bertz CT molecular complexity index is 698. The van der Waals surface area contributed by atoms with Gasteiger partial charge in [-0.3, -0.25) is 4.90 Å². The topological polar surface area (TPSA) is 45.7 Å². The molecule has 0 saturated carbocycles. The summed E-state index contributed by atoms with van der Waals surface area (Å²) in [7, 11) is 1.82. The zero-order chi connectivity index (χ0) is 15.9. The van der Waals surface area contributed by atoms with Gasteiger partial charge in [0.2, 0.25) is 0 Å². The number of aromatic nitrogens is 1. The van der Waals surface area contributed by atoms with Crippen molar-refractivity contribution in [2.24, 2.45) is 0 Å². The average Bonchev–Trinajstić information content (AvgIpc) is 2.99. The van der Waals surface area contributed by atoms with Crippen LogP contribution in [-0.4, -0.2) is 53.2 Å². The van der Waals surface area contributed by atoms with Crippen LogP contribution in [0.4, 0.5) is 4.79 Å². The Balaban J connectivity index is 1.44. The van der Waals surface area contributed by atoms with Crippen molar-refractivity contribution < 1.29 is 9.53 Å². The van der Waals surface area contributed by atoms with Gasteiger partial charge in [-0.2, -0.15) is 0 Å². The summed E-state index contributed by atoms with van der Waals surface area (Å²) in [5, 5.41) is 1.17. The zero-order valence-corrected chi connectivity index (χ0v) is 14.1. The van der Waals surface area contributed by atoms with E-state index in [0.29, 0.717) is 0 Å². The van der Waals surface area contributed by atoms with Crippen molar-refractivity contribution in [2.75, 3.05) is 26.7 Å². The molecule has 1 aromatic heterocycles. The largest absolute Gasteiger partial charge is 0.441 e. The maximum absolute atomic E-state index is 11.7. The Morgan fingerprint density at radius 3 is 2.96 bits per heavy atom. The summed E-state index contributed by atoms with van der Waals surface area (Å²) in [4.78, 5) is 20.6. The molecule has 2 aromatic rings. The normalized spacial score (nSPS) is 26.0. The van der Waals surface area contributed by atoms with Gasteiger partial charge in [0.25, 0.3) is 0 Å². The Labute approximate surface area is 139 Å². The number of para-hydroxylation sites is 1. The predicted molar refractivity (Wildman–Crippen MR) is 90.6 cm³/mol. The fraction of sp³-hybridized carbons (Fsp3) is 0.529. The summed E-state index contributed by atoms with van der Waals surface area (Å²) < 4.78 is 6.93. The summed E-state index contributed by atoms with van der Waals surface area (Å²) in [5.74, 6) is 0. The molecule has 1 aromatic carbocycles. The van der Waals surface area contributed by atoms with Gasteiger partial charge in [-0.25, -0.2) is 9.78 Å². The molecule has 1 atom stereocenters. The van der Waals surface area contributed by atoms with Crippen molar-refractivity contribution in [3.63, 3.8) is 0 Å². The number of thiazole rings is 1. The number of ether oxygens (including phenoxy) is 1. The number of carbonyl (C=O) groups excluding carboxylic acids is 1. The summed E-state index contributed by atoms with van der Waals surface area (Å²) in [6.45, 7) is 3.61. The van der Waals surface area contributed by atoms with E-state index in [1.807, 2.05) is 13.1 Å². The molecule has 1 amide bonds. The van der Waals surface area contributed by atoms with Crippen molar-refractivity contribution in [2.45, 2.75) is 31.4 Å². The Morgan fingerprint density at radius 1 is 1.30 bits per heavy atom. The van der Waals surface area contributed by atoms with E-state index in [2.05, 4.69) is 23.1 Å². The first-order valence-electron chi connectivity index (χ1n) is 8.15. The lowest BCUT2D eigenvalue weighted by Gasteiger charge is -2.25. The molecule has 2 aliphatic rings. The third kappa shape index (κ3) is 2.93. The van der Waals surface area contributed by atoms with Gasteiger partial charge in [0.05, 0.1) is 23.3 Å². The van der Waals surface area contributed by atoms with Crippen molar-refractivity contribution in [3.05, 3.63) is 29.3 Å². The van der Waals surface area contributed by atoms with Crippen LogP contribution in [0.15, 0.2) is 24.3 Å².